The number of nitrogens with zero attached hydrogens (tertiary/aromatic N) is 1. The fraction of sp³-hybridized carbons (Fsp3) is 0.238. The maximum absolute atomic E-state index is 14.8. The van der Waals surface area contributed by atoms with Gasteiger partial charge in [0.05, 0.1) is 6.67 Å². The molecule has 0 bridgehead atoms. The molecule has 1 heterocycles. The van der Waals surface area contributed by atoms with Crippen molar-refractivity contribution in [2.75, 3.05) is 13.7 Å². The van der Waals surface area contributed by atoms with Crippen LogP contribution in [0.5, 0.6) is 11.5 Å². The summed E-state index contributed by atoms with van der Waals surface area (Å²) in [5.41, 5.74) is -0.414. The lowest BCUT2D eigenvalue weighted by Gasteiger charge is -2.14. The Bertz CT molecular complexity index is 1170. The minimum absolute atomic E-state index is 0.0138. The number of amides is 1. The lowest BCUT2D eigenvalue weighted by atomic mass is 10.1. The topological polar surface area (TPSA) is 85.6 Å². The first-order chi connectivity index (χ1) is 16.0. The Morgan fingerprint density at radius 1 is 1.18 bits per heavy atom. The van der Waals surface area contributed by atoms with Crippen molar-refractivity contribution >= 4 is 17.5 Å². The molecule has 0 fully saturated rings. The van der Waals surface area contributed by atoms with E-state index in [0.717, 1.165) is 24.3 Å². The van der Waals surface area contributed by atoms with Gasteiger partial charge in [-0.05, 0) is 62.0 Å². The standard InChI is InChI=1S/C21H17ClF5N3O4/c1-10(32-14-8-7-13(23)15(16(14)24)19(31)29-9-28-2)20-30-17(18(22)33-20)11-3-5-12(6-4-11)34-21(25,26)27/h3-8,10,28H,9H2,1-2H3,(H,29,31). The zero-order valence-corrected chi connectivity index (χ0v) is 18.4. The number of hydrogen-bond acceptors (Lipinski definition) is 6. The van der Waals surface area contributed by atoms with Gasteiger partial charge in [-0.25, -0.2) is 13.8 Å². The molecule has 3 rings (SSSR count). The number of carbonyl (C=O) groups excluding carboxylic acids is 1. The molecule has 182 valence electrons. The number of halogens is 6. The molecule has 0 radical (unpaired) electrons. The van der Waals surface area contributed by atoms with Gasteiger partial charge >= 0.3 is 6.36 Å². The van der Waals surface area contributed by atoms with E-state index in [1.807, 2.05) is 0 Å². The SMILES string of the molecule is CNCNC(=O)c1c(F)ccc(OC(C)c2nc(-c3ccc(OC(F)(F)F)cc3)c(Cl)o2)c1F. The molecule has 2 aromatic carbocycles. The molecule has 0 saturated carbocycles. The van der Waals surface area contributed by atoms with Gasteiger partial charge in [0.2, 0.25) is 11.1 Å². The largest absolute Gasteiger partial charge is 0.573 e. The van der Waals surface area contributed by atoms with Crippen LogP contribution in [0, 0.1) is 11.6 Å². The molecule has 0 aliphatic carbocycles. The van der Waals surface area contributed by atoms with Crippen molar-refractivity contribution in [3.05, 3.63) is 64.7 Å². The van der Waals surface area contributed by atoms with Crippen LogP contribution in [0.1, 0.15) is 29.3 Å². The Morgan fingerprint density at radius 2 is 1.85 bits per heavy atom. The van der Waals surface area contributed by atoms with Gasteiger partial charge in [0, 0.05) is 5.56 Å². The highest BCUT2D eigenvalue weighted by Gasteiger charge is 2.31. The first kappa shape index (κ1) is 25.2. The van der Waals surface area contributed by atoms with Crippen molar-refractivity contribution < 1.29 is 40.6 Å². The molecule has 34 heavy (non-hydrogen) atoms. The highest BCUT2D eigenvalue weighted by atomic mass is 35.5. The molecule has 0 aliphatic heterocycles. The Hall–Kier alpha value is -3.38. The summed E-state index contributed by atoms with van der Waals surface area (Å²) in [5.74, 6) is -4.26. The van der Waals surface area contributed by atoms with Crippen molar-refractivity contribution in [2.24, 2.45) is 0 Å². The summed E-state index contributed by atoms with van der Waals surface area (Å²) < 4.78 is 80.4. The second-order valence-electron chi connectivity index (χ2n) is 6.78. The van der Waals surface area contributed by atoms with E-state index in [1.165, 1.54) is 26.1 Å². The number of rotatable bonds is 8. The minimum Gasteiger partial charge on any atom is -0.478 e. The van der Waals surface area contributed by atoms with Crippen LogP contribution < -0.4 is 20.1 Å². The van der Waals surface area contributed by atoms with Gasteiger partial charge in [0.25, 0.3) is 5.91 Å². The van der Waals surface area contributed by atoms with Gasteiger partial charge in [-0.3, -0.25) is 4.79 Å². The molecule has 1 amide bonds. The molecule has 1 aromatic heterocycles. The van der Waals surface area contributed by atoms with Crippen molar-refractivity contribution in [3.63, 3.8) is 0 Å². The van der Waals surface area contributed by atoms with Crippen LogP contribution in [0.15, 0.2) is 40.8 Å². The van der Waals surface area contributed by atoms with Gasteiger partial charge in [-0.2, -0.15) is 0 Å². The van der Waals surface area contributed by atoms with E-state index >= 15 is 0 Å². The van der Waals surface area contributed by atoms with Gasteiger partial charge in [-0.1, -0.05) is 0 Å². The van der Waals surface area contributed by atoms with Crippen molar-refractivity contribution in [2.45, 2.75) is 19.4 Å². The zero-order valence-electron chi connectivity index (χ0n) is 17.6. The average molecular weight is 506 g/mol. The third-order valence-electron chi connectivity index (χ3n) is 4.32. The molecule has 0 aliphatic rings. The van der Waals surface area contributed by atoms with Gasteiger partial charge in [0.15, 0.2) is 17.7 Å². The molecule has 7 nitrogen and oxygen atoms in total. The molecule has 0 spiro atoms. The second-order valence-corrected chi connectivity index (χ2v) is 7.12. The van der Waals surface area contributed by atoms with E-state index in [9.17, 15) is 26.7 Å². The third-order valence-corrected chi connectivity index (χ3v) is 4.58. The summed E-state index contributed by atoms with van der Waals surface area (Å²) >= 11 is 6.06. The quantitative estimate of drug-likeness (QED) is 0.322. The van der Waals surface area contributed by atoms with Crippen LogP contribution in [0.4, 0.5) is 22.0 Å². The van der Waals surface area contributed by atoms with E-state index in [-0.39, 0.29) is 23.5 Å². The average Bonchev–Trinajstić information content (AvgIpc) is 3.15. The number of ether oxygens (including phenoxy) is 2. The van der Waals surface area contributed by atoms with Crippen molar-refractivity contribution in [1.82, 2.24) is 15.6 Å². The van der Waals surface area contributed by atoms with Crippen LogP contribution in [0.2, 0.25) is 5.22 Å². The van der Waals surface area contributed by atoms with E-state index in [0.29, 0.717) is 5.56 Å². The first-order valence-corrected chi connectivity index (χ1v) is 9.97. The lowest BCUT2D eigenvalue weighted by Crippen LogP contribution is -2.33. The fourth-order valence-corrected chi connectivity index (χ4v) is 3.04. The van der Waals surface area contributed by atoms with Crippen LogP contribution in [-0.2, 0) is 0 Å². The summed E-state index contributed by atoms with van der Waals surface area (Å²) in [5, 5.41) is 4.70. The minimum atomic E-state index is -4.84. The normalized spacial score (nSPS) is 12.4. The van der Waals surface area contributed by atoms with E-state index in [1.54, 1.807) is 0 Å². The summed E-state index contributed by atoms with van der Waals surface area (Å²) in [4.78, 5) is 16.2. The summed E-state index contributed by atoms with van der Waals surface area (Å²) in [6.07, 6.45) is -5.87. The number of alkyl halides is 3. The van der Waals surface area contributed by atoms with Gasteiger partial charge < -0.3 is 24.5 Å². The maximum Gasteiger partial charge on any atom is 0.573 e. The molecule has 2 N–H and O–H groups in total. The summed E-state index contributed by atoms with van der Waals surface area (Å²) in [7, 11) is 1.54. The number of oxazole rings is 1. The van der Waals surface area contributed by atoms with Crippen LogP contribution in [0.3, 0.4) is 0 Å². The first-order valence-electron chi connectivity index (χ1n) is 9.60. The summed E-state index contributed by atoms with van der Waals surface area (Å²) in [6, 6.07) is 6.59. The second kappa shape index (κ2) is 10.3. The monoisotopic (exact) mass is 505 g/mol. The molecule has 1 unspecified atom stereocenters. The van der Waals surface area contributed by atoms with E-state index in [4.69, 9.17) is 20.8 Å². The smallest absolute Gasteiger partial charge is 0.478 e. The number of aromatic nitrogens is 1. The van der Waals surface area contributed by atoms with Crippen LogP contribution in [0.25, 0.3) is 11.3 Å². The fourth-order valence-electron chi connectivity index (χ4n) is 2.81. The third kappa shape index (κ3) is 5.94. The van der Waals surface area contributed by atoms with Crippen LogP contribution in [-0.4, -0.2) is 31.0 Å². The van der Waals surface area contributed by atoms with E-state index in [2.05, 4.69) is 20.4 Å². The molecular weight excluding hydrogens is 489 g/mol. The van der Waals surface area contributed by atoms with Gasteiger partial charge in [-0.15, -0.1) is 13.2 Å². The number of carbonyl (C=O) groups is 1. The predicted octanol–water partition coefficient (Wildman–Crippen LogP) is 5.22. The van der Waals surface area contributed by atoms with Crippen LogP contribution >= 0.6 is 11.6 Å². The number of hydrogen-bond donors (Lipinski definition) is 2. The summed E-state index contributed by atoms with van der Waals surface area (Å²) in [6.45, 7) is 1.43. The van der Waals surface area contributed by atoms with Gasteiger partial charge in [0.1, 0.15) is 22.8 Å². The van der Waals surface area contributed by atoms with Crippen molar-refractivity contribution in [3.8, 4) is 22.8 Å². The molecule has 1 atom stereocenters. The maximum atomic E-state index is 14.8. The Morgan fingerprint density at radius 3 is 2.47 bits per heavy atom. The molecular formula is C21H17ClF5N3O4. The highest BCUT2D eigenvalue weighted by molar-refractivity contribution is 6.31. The highest BCUT2D eigenvalue weighted by Crippen LogP contribution is 2.34. The van der Waals surface area contributed by atoms with E-state index < -0.39 is 47.1 Å². The Labute approximate surface area is 194 Å². The Kier molecular flexibility index (Phi) is 7.62. The lowest BCUT2D eigenvalue weighted by molar-refractivity contribution is -0.274. The van der Waals surface area contributed by atoms with Crippen molar-refractivity contribution in [1.29, 1.82) is 0 Å². The Balaban J connectivity index is 1.80. The molecule has 13 heteroatoms. The number of nitrogens with one attached hydrogen (secondary N) is 2. The number of benzene rings is 2. The zero-order chi connectivity index (χ0) is 25.0. The predicted molar refractivity (Wildman–Crippen MR) is 110 cm³/mol. The molecule has 3 aromatic rings. The molecule has 0 saturated heterocycles.